The molecule has 15 nitrogen and oxygen atoms in total. The number of hydrogen-bond acceptors (Lipinski definition) is 11. The SMILES string of the molecule is C=NC(=O)/C=C/C(=O)N=C1C=CC(=C)C=C1.CC(=NNC(C(=O)O)=C(NNC(C)=C(C)[O-])C(=O)O)C(=O)[O-]. The molecule has 0 fully saturated rings. The molecule has 202 valence electrons. The number of hydrazine groups is 1. The molecule has 0 radical (unpaired) electrons. The number of hydrogen-bond donors (Lipinski definition) is 5. The Kier molecular flexibility index (Phi) is 13.8. The molecule has 0 bridgehead atoms. The molecule has 0 aromatic rings. The average molecular weight is 528 g/mol. The van der Waals surface area contributed by atoms with Crippen LogP contribution in [-0.2, 0) is 24.0 Å². The number of rotatable bonds is 10. The molecule has 38 heavy (non-hydrogen) atoms. The number of carbonyl (C=O) groups is 5. The summed E-state index contributed by atoms with van der Waals surface area (Å²) < 4.78 is 0. The third kappa shape index (κ3) is 12.7. The van der Waals surface area contributed by atoms with Crippen molar-refractivity contribution in [1.82, 2.24) is 16.3 Å². The maximum absolute atomic E-state index is 11.2. The van der Waals surface area contributed by atoms with Crippen LogP contribution in [0.3, 0.4) is 0 Å². The van der Waals surface area contributed by atoms with E-state index in [1.807, 2.05) is 5.43 Å². The van der Waals surface area contributed by atoms with Crippen LogP contribution in [0.2, 0.25) is 0 Å². The summed E-state index contributed by atoms with van der Waals surface area (Å²) in [6, 6.07) is 0. The average Bonchev–Trinajstić information content (AvgIpc) is 2.85. The lowest BCUT2D eigenvalue weighted by Gasteiger charge is -2.17. The van der Waals surface area contributed by atoms with Crippen LogP contribution in [0.5, 0.6) is 0 Å². The molecular weight excluding hydrogens is 504 g/mol. The van der Waals surface area contributed by atoms with Gasteiger partial charge in [-0.1, -0.05) is 25.7 Å². The minimum absolute atomic E-state index is 0.0258. The van der Waals surface area contributed by atoms with Crippen molar-refractivity contribution in [3.63, 3.8) is 0 Å². The standard InChI is InChI=1S/C12H10N2O2.C11H16N4O7/c1-9-3-5-10(6-4-9)14-12(16)8-7-11(15)13-2;1-4(6(3)16)12-14-7(10(19)20)8(11(21)22)15-13-5(2)9(17)18/h3-8H,1-2H2;12,14-16H,1-3H3,(H,17,18)(H,19,20)(H,21,22)/p-2/b8-7+;. The summed E-state index contributed by atoms with van der Waals surface area (Å²) in [6.45, 7) is 10.3. The molecule has 5 N–H and O–H groups in total. The lowest BCUT2D eigenvalue weighted by atomic mass is 10.1. The van der Waals surface area contributed by atoms with Crippen LogP contribution in [0.15, 0.2) is 86.5 Å². The molecule has 1 aliphatic carbocycles. The van der Waals surface area contributed by atoms with E-state index in [4.69, 9.17) is 10.2 Å². The molecule has 1 rings (SSSR count). The zero-order valence-corrected chi connectivity index (χ0v) is 20.5. The van der Waals surface area contributed by atoms with Gasteiger partial charge in [0.1, 0.15) is 0 Å². The van der Waals surface area contributed by atoms with E-state index >= 15 is 0 Å². The quantitative estimate of drug-likeness (QED) is 0.0913. The van der Waals surface area contributed by atoms with Gasteiger partial charge in [-0.3, -0.25) is 20.4 Å². The minimum atomic E-state index is -1.72. The summed E-state index contributed by atoms with van der Waals surface area (Å²) in [6.07, 6.45) is 8.89. The Balaban J connectivity index is 0.000000755. The summed E-state index contributed by atoms with van der Waals surface area (Å²) in [7, 11) is 0. The Morgan fingerprint density at radius 3 is 1.84 bits per heavy atom. The smallest absolute Gasteiger partial charge is 0.356 e. The second-order valence-electron chi connectivity index (χ2n) is 6.83. The number of amides is 2. The summed E-state index contributed by atoms with van der Waals surface area (Å²) in [5, 5.41) is 42.6. The Bertz CT molecular complexity index is 1210. The maximum Gasteiger partial charge on any atom is 0.356 e. The molecule has 0 spiro atoms. The fraction of sp³-hybridized carbons (Fsp3) is 0.130. The molecule has 0 aromatic heterocycles. The van der Waals surface area contributed by atoms with E-state index in [1.54, 1.807) is 29.7 Å². The van der Waals surface area contributed by atoms with Crippen LogP contribution in [0, 0.1) is 0 Å². The van der Waals surface area contributed by atoms with Crippen molar-refractivity contribution >= 4 is 47.9 Å². The van der Waals surface area contributed by atoms with Crippen molar-refractivity contribution in [2.45, 2.75) is 20.8 Å². The summed E-state index contributed by atoms with van der Waals surface area (Å²) in [4.78, 5) is 61.3. The van der Waals surface area contributed by atoms with Crippen LogP contribution in [0.25, 0.3) is 0 Å². The molecule has 15 heteroatoms. The number of nitrogens with one attached hydrogen (secondary N) is 3. The number of carboxylic acids is 3. The number of allylic oxidation sites excluding steroid dienone is 7. The normalized spacial score (nSPS) is 13.8. The van der Waals surface area contributed by atoms with Gasteiger partial charge in [0.25, 0.3) is 11.8 Å². The molecular formula is C23H24N6O9-2. The van der Waals surface area contributed by atoms with Gasteiger partial charge in [-0.2, -0.15) is 5.10 Å². The van der Waals surface area contributed by atoms with Crippen LogP contribution in [-0.4, -0.2) is 58.1 Å². The van der Waals surface area contributed by atoms with Gasteiger partial charge in [-0.05, 0) is 38.3 Å². The van der Waals surface area contributed by atoms with Gasteiger partial charge in [0.2, 0.25) is 0 Å². The molecule has 2 amide bonds. The second kappa shape index (κ2) is 16.1. The minimum Gasteiger partial charge on any atom is -0.874 e. The van der Waals surface area contributed by atoms with Gasteiger partial charge < -0.3 is 30.6 Å². The first-order valence-electron chi connectivity index (χ1n) is 10.1. The monoisotopic (exact) mass is 528 g/mol. The Morgan fingerprint density at radius 2 is 1.39 bits per heavy atom. The molecule has 0 saturated carbocycles. The van der Waals surface area contributed by atoms with Crippen molar-refractivity contribution in [1.29, 1.82) is 0 Å². The number of aliphatic imine (C=N–C) groups is 2. The van der Waals surface area contributed by atoms with E-state index in [-0.39, 0.29) is 5.70 Å². The van der Waals surface area contributed by atoms with E-state index in [9.17, 15) is 34.2 Å². The highest BCUT2D eigenvalue weighted by Gasteiger charge is 2.20. The highest BCUT2D eigenvalue weighted by Crippen LogP contribution is 2.04. The topological polar surface area (TPSA) is 245 Å². The Hall–Kier alpha value is -5.60. The van der Waals surface area contributed by atoms with E-state index in [0.717, 1.165) is 24.6 Å². The lowest BCUT2D eigenvalue weighted by Crippen LogP contribution is -2.38. The van der Waals surface area contributed by atoms with Crippen LogP contribution < -0.4 is 26.5 Å². The van der Waals surface area contributed by atoms with Crippen LogP contribution in [0.1, 0.15) is 20.8 Å². The first kappa shape index (κ1) is 32.4. The van der Waals surface area contributed by atoms with Gasteiger partial charge in [0, 0.05) is 17.8 Å². The van der Waals surface area contributed by atoms with Gasteiger partial charge in [-0.15, -0.1) is 5.76 Å². The third-order valence-corrected chi connectivity index (χ3v) is 3.91. The second-order valence-corrected chi connectivity index (χ2v) is 6.83. The van der Waals surface area contributed by atoms with E-state index in [0.29, 0.717) is 5.71 Å². The van der Waals surface area contributed by atoms with Crippen molar-refractivity contribution in [3.05, 3.63) is 71.5 Å². The highest BCUT2D eigenvalue weighted by molar-refractivity contribution is 6.33. The van der Waals surface area contributed by atoms with Crippen LogP contribution in [0.4, 0.5) is 0 Å². The van der Waals surface area contributed by atoms with Gasteiger partial charge in [-0.25, -0.2) is 19.6 Å². The van der Waals surface area contributed by atoms with E-state index in [2.05, 4.69) is 33.8 Å². The van der Waals surface area contributed by atoms with Crippen LogP contribution >= 0.6 is 0 Å². The zero-order chi connectivity index (χ0) is 29.4. The van der Waals surface area contributed by atoms with Crippen molar-refractivity contribution in [2.24, 2.45) is 15.1 Å². The molecule has 0 unspecified atom stereocenters. The van der Waals surface area contributed by atoms with Crippen molar-refractivity contribution in [3.8, 4) is 0 Å². The number of hydrazone groups is 1. The fourth-order valence-electron chi connectivity index (χ4n) is 1.79. The Morgan fingerprint density at radius 1 is 0.868 bits per heavy atom. The summed E-state index contributed by atoms with van der Waals surface area (Å²) >= 11 is 0. The predicted molar refractivity (Wildman–Crippen MR) is 132 cm³/mol. The van der Waals surface area contributed by atoms with E-state index in [1.165, 1.54) is 13.8 Å². The molecule has 0 aliphatic heterocycles. The highest BCUT2D eigenvalue weighted by atomic mass is 16.4. The summed E-state index contributed by atoms with van der Waals surface area (Å²) in [5.74, 6) is -6.57. The van der Waals surface area contributed by atoms with Crippen molar-refractivity contribution in [2.75, 3.05) is 0 Å². The zero-order valence-electron chi connectivity index (χ0n) is 20.5. The lowest BCUT2D eigenvalue weighted by molar-refractivity contribution is -0.304. The first-order chi connectivity index (χ1) is 17.7. The molecule has 0 saturated heterocycles. The predicted octanol–water partition coefficient (Wildman–Crippen LogP) is -1.79. The number of carbonyl (C=O) groups excluding carboxylic acids is 3. The molecule has 0 heterocycles. The molecule has 0 aromatic carbocycles. The van der Waals surface area contributed by atoms with E-state index < -0.39 is 52.6 Å². The number of carboxylic acid groups (broad SMARTS) is 3. The first-order valence-corrected chi connectivity index (χ1v) is 10.1. The summed E-state index contributed by atoms with van der Waals surface area (Å²) in [5.41, 5.74) is 5.00. The third-order valence-electron chi connectivity index (χ3n) is 3.91. The van der Waals surface area contributed by atoms with Gasteiger partial charge in [0.05, 0.1) is 17.4 Å². The van der Waals surface area contributed by atoms with Gasteiger partial charge >= 0.3 is 11.9 Å². The molecule has 0 atom stereocenters. The number of aliphatic carboxylic acids is 3. The largest absolute Gasteiger partial charge is 0.874 e. The maximum atomic E-state index is 11.2. The van der Waals surface area contributed by atoms with Crippen molar-refractivity contribution < 1.29 is 44.4 Å². The van der Waals surface area contributed by atoms with Gasteiger partial charge in [0.15, 0.2) is 11.4 Å². The molecule has 1 aliphatic rings. The number of nitrogens with zero attached hydrogens (tertiary/aromatic N) is 3. The Labute approximate surface area is 216 Å². The fourth-order valence-corrected chi connectivity index (χ4v) is 1.79.